The van der Waals surface area contributed by atoms with Crippen LogP contribution < -0.4 is 9.80 Å². The van der Waals surface area contributed by atoms with Crippen molar-refractivity contribution < 1.29 is 4.79 Å². The second-order valence-corrected chi connectivity index (χ2v) is 6.78. The van der Waals surface area contributed by atoms with Crippen LogP contribution in [0, 0.1) is 0 Å². The number of anilines is 2. The first-order valence-electron chi connectivity index (χ1n) is 7.77. The molecular formula is C17H17N5OS. The molecule has 0 saturated heterocycles. The van der Waals surface area contributed by atoms with E-state index in [1.54, 1.807) is 27.1 Å². The molecule has 0 saturated carbocycles. The average molecular weight is 339 g/mol. The molecule has 1 amide bonds. The lowest BCUT2D eigenvalue weighted by molar-refractivity contribution is 0.0982. The number of benzene rings is 1. The van der Waals surface area contributed by atoms with E-state index in [1.165, 1.54) is 4.88 Å². The van der Waals surface area contributed by atoms with Crippen molar-refractivity contribution in [1.29, 1.82) is 0 Å². The van der Waals surface area contributed by atoms with Crippen LogP contribution in [0.3, 0.4) is 0 Å². The second-order valence-electron chi connectivity index (χ2n) is 5.75. The zero-order valence-electron chi connectivity index (χ0n) is 13.3. The summed E-state index contributed by atoms with van der Waals surface area (Å²) in [4.78, 5) is 18.0. The van der Waals surface area contributed by atoms with Gasteiger partial charge in [0.15, 0.2) is 5.69 Å². The Morgan fingerprint density at radius 3 is 2.79 bits per heavy atom. The van der Waals surface area contributed by atoms with Crippen molar-refractivity contribution in [3.05, 3.63) is 58.5 Å². The molecule has 24 heavy (non-hydrogen) atoms. The zero-order chi connectivity index (χ0) is 16.5. The van der Waals surface area contributed by atoms with Gasteiger partial charge in [-0.05, 0) is 23.6 Å². The smallest absolute Gasteiger partial charge is 0.280 e. The summed E-state index contributed by atoms with van der Waals surface area (Å²) in [5, 5.41) is 10.2. The summed E-state index contributed by atoms with van der Waals surface area (Å²) < 4.78 is 1.71. The van der Waals surface area contributed by atoms with Crippen molar-refractivity contribution >= 4 is 28.6 Å². The molecule has 0 atom stereocenters. The van der Waals surface area contributed by atoms with Crippen LogP contribution in [0.1, 0.15) is 15.4 Å². The molecule has 4 rings (SSSR count). The number of thiophene rings is 1. The Hall–Kier alpha value is -2.67. The molecule has 3 heterocycles. The van der Waals surface area contributed by atoms with Gasteiger partial charge in [0.2, 0.25) is 0 Å². The molecule has 3 aromatic rings. The van der Waals surface area contributed by atoms with E-state index in [4.69, 9.17) is 0 Å². The Bertz CT molecular complexity index is 858. The molecule has 0 spiro atoms. The SMILES string of the molecule is CN1CCN(C(=O)c2cn(Cc3cccs3)nn2)c2ccccc21. The maximum Gasteiger partial charge on any atom is 0.280 e. The van der Waals surface area contributed by atoms with E-state index in [0.717, 1.165) is 17.9 Å². The van der Waals surface area contributed by atoms with E-state index >= 15 is 0 Å². The summed E-state index contributed by atoms with van der Waals surface area (Å²) in [6, 6.07) is 12.0. The van der Waals surface area contributed by atoms with Gasteiger partial charge >= 0.3 is 0 Å². The molecule has 122 valence electrons. The van der Waals surface area contributed by atoms with E-state index in [1.807, 2.05) is 48.8 Å². The van der Waals surface area contributed by atoms with Crippen LogP contribution in [0.4, 0.5) is 11.4 Å². The standard InChI is InChI=1S/C17H17N5OS/c1-20-8-9-22(16-7-3-2-6-15(16)20)17(23)14-12-21(19-18-14)11-13-5-4-10-24-13/h2-7,10,12H,8-9,11H2,1H3. The molecule has 0 N–H and O–H groups in total. The third-order valence-corrected chi connectivity index (χ3v) is 5.00. The number of carbonyl (C=O) groups is 1. The molecule has 6 nitrogen and oxygen atoms in total. The summed E-state index contributed by atoms with van der Waals surface area (Å²) in [5.41, 5.74) is 2.36. The highest BCUT2D eigenvalue weighted by molar-refractivity contribution is 7.09. The van der Waals surface area contributed by atoms with Gasteiger partial charge in [0.1, 0.15) is 0 Å². The number of para-hydroxylation sites is 2. The number of carbonyl (C=O) groups excluding carboxylic acids is 1. The van der Waals surface area contributed by atoms with Crippen LogP contribution in [-0.4, -0.2) is 41.0 Å². The van der Waals surface area contributed by atoms with Gasteiger partial charge in [-0.15, -0.1) is 16.4 Å². The number of fused-ring (bicyclic) bond motifs is 1. The van der Waals surface area contributed by atoms with Crippen molar-refractivity contribution in [2.45, 2.75) is 6.54 Å². The first-order chi connectivity index (χ1) is 11.7. The average Bonchev–Trinajstić information content (AvgIpc) is 3.27. The molecule has 0 radical (unpaired) electrons. The van der Waals surface area contributed by atoms with Crippen molar-refractivity contribution in [1.82, 2.24) is 15.0 Å². The Morgan fingerprint density at radius 2 is 2.00 bits per heavy atom. The topological polar surface area (TPSA) is 54.3 Å². The Labute approximate surface area is 143 Å². The molecule has 0 aliphatic carbocycles. The van der Waals surface area contributed by atoms with E-state index in [-0.39, 0.29) is 5.91 Å². The lowest BCUT2D eigenvalue weighted by Crippen LogP contribution is -2.42. The molecule has 7 heteroatoms. The van der Waals surface area contributed by atoms with Crippen molar-refractivity contribution in [2.24, 2.45) is 0 Å². The highest BCUT2D eigenvalue weighted by atomic mass is 32.1. The first-order valence-corrected chi connectivity index (χ1v) is 8.65. The summed E-state index contributed by atoms with van der Waals surface area (Å²) >= 11 is 1.66. The molecule has 0 unspecified atom stereocenters. The predicted molar refractivity (Wildman–Crippen MR) is 94.8 cm³/mol. The third-order valence-electron chi connectivity index (χ3n) is 4.14. The van der Waals surface area contributed by atoms with Gasteiger partial charge in [-0.25, -0.2) is 4.68 Å². The van der Waals surface area contributed by atoms with Crippen LogP contribution in [0.2, 0.25) is 0 Å². The first kappa shape index (κ1) is 14.9. The normalized spacial score (nSPS) is 13.9. The van der Waals surface area contributed by atoms with Crippen molar-refractivity contribution in [2.75, 3.05) is 29.9 Å². The molecule has 0 fully saturated rings. The Morgan fingerprint density at radius 1 is 1.17 bits per heavy atom. The minimum absolute atomic E-state index is 0.104. The van der Waals surface area contributed by atoms with Crippen LogP contribution in [0.15, 0.2) is 48.0 Å². The van der Waals surface area contributed by atoms with Crippen LogP contribution in [0.5, 0.6) is 0 Å². The molecule has 0 bridgehead atoms. The van der Waals surface area contributed by atoms with Crippen LogP contribution in [-0.2, 0) is 6.54 Å². The monoisotopic (exact) mass is 339 g/mol. The minimum Gasteiger partial charge on any atom is -0.371 e. The number of likely N-dealkylation sites (N-methyl/N-ethyl adjacent to an activating group) is 1. The van der Waals surface area contributed by atoms with E-state index in [9.17, 15) is 4.79 Å². The molecule has 1 aliphatic heterocycles. The summed E-state index contributed by atoms with van der Waals surface area (Å²) in [6.07, 6.45) is 1.73. The quantitative estimate of drug-likeness (QED) is 0.736. The predicted octanol–water partition coefficient (Wildman–Crippen LogP) is 2.48. The van der Waals surface area contributed by atoms with Gasteiger partial charge < -0.3 is 9.80 Å². The molecular weight excluding hydrogens is 322 g/mol. The highest BCUT2D eigenvalue weighted by Gasteiger charge is 2.27. The van der Waals surface area contributed by atoms with Crippen molar-refractivity contribution in [3.8, 4) is 0 Å². The van der Waals surface area contributed by atoms with Gasteiger partial charge in [-0.1, -0.05) is 23.4 Å². The summed E-state index contributed by atoms with van der Waals surface area (Å²) in [6.45, 7) is 2.08. The maximum atomic E-state index is 12.9. The number of hydrogen-bond acceptors (Lipinski definition) is 5. The highest BCUT2D eigenvalue weighted by Crippen LogP contribution is 2.32. The fourth-order valence-corrected chi connectivity index (χ4v) is 3.59. The second kappa shape index (κ2) is 6.09. The van der Waals surface area contributed by atoms with Gasteiger partial charge in [0.25, 0.3) is 5.91 Å². The van der Waals surface area contributed by atoms with Crippen LogP contribution in [0.25, 0.3) is 0 Å². The van der Waals surface area contributed by atoms with E-state index in [2.05, 4.69) is 15.2 Å². The minimum atomic E-state index is -0.104. The fourth-order valence-electron chi connectivity index (χ4n) is 2.89. The molecule has 1 aliphatic rings. The van der Waals surface area contributed by atoms with Crippen molar-refractivity contribution in [3.63, 3.8) is 0 Å². The maximum absolute atomic E-state index is 12.9. The Balaban J connectivity index is 1.58. The molecule has 2 aromatic heterocycles. The third kappa shape index (κ3) is 2.67. The summed E-state index contributed by atoms with van der Waals surface area (Å²) in [7, 11) is 2.04. The van der Waals surface area contributed by atoms with E-state index < -0.39 is 0 Å². The van der Waals surface area contributed by atoms with Crippen LogP contribution >= 0.6 is 11.3 Å². The van der Waals surface area contributed by atoms with Gasteiger partial charge in [0, 0.05) is 25.0 Å². The molecule has 1 aromatic carbocycles. The van der Waals surface area contributed by atoms with Gasteiger partial charge in [-0.3, -0.25) is 4.79 Å². The fraction of sp³-hybridized carbons (Fsp3) is 0.235. The number of amides is 1. The zero-order valence-corrected chi connectivity index (χ0v) is 14.1. The summed E-state index contributed by atoms with van der Waals surface area (Å²) in [5.74, 6) is -0.104. The van der Waals surface area contributed by atoms with Gasteiger partial charge in [-0.2, -0.15) is 0 Å². The number of rotatable bonds is 3. The number of hydrogen-bond donors (Lipinski definition) is 0. The van der Waals surface area contributed by atoms with Gasteiger partial charge in [0.05, 0.1) is 24.1 Å². The largest absolute Gasteiger partial charge is 0.371 e. The number of nitrogens with zero attached hydrogens (tertiary/aromatic N) is 5. The van der Waals surface area contributed by atoms with E-state index in [0.29, 0.717) is 18.8 Å². The lowest BCUT2D eigenvalue weighted by atomic mass is 10.1. The Kier molecular flexibility index (Phi) is 3.78. The number of aromatic nitrogens is 3. The lowest BCUT2D eigenvalue weighted by Gasteiger charge is -2.35.